The zero-order valence-electron chi connectivity index (χ0n) is 19.2. The first-order valence-corrected chi connectivity index (χ1v) is 12.4. The number of carbonyl (C=O) groups excluding carboxylic acids is 1. The maximum Gasteiger partial charge on any atom is 0.264 e. The van der Waals surface area contributed by atoms with Gasteiger partial charge in [-0.25, -0.2) is 8.42 Å². The van der Waals surface area contributed by atoms with Gasteiger partial charge < -0.3 is 10.1 Å². The predicted octanol–water partition coefficient (Wildman–Crippen LogP) is 4.51. The summed E-state index contributed by atoms with van der Waals surface area (Å²) in [4.78, 5) is 12.8. The number of hydrogen-bond acceptors (Lipinski definition) is 4. The number of amides is 1. The second-order valence-corrected chi connectivity index (χ2v) is 9.95. The summed E-state index contributed by atoms with van der Waals surface area (Å²) in [6.45, 7) is 6.33. The lowest BCUT2D eigenvalue weighted by atomic mass is 10.0. The van der Waals surface area contributed by atoms with Gasteiger partial charge in [0.1, 0.15) is 18.9 Å². The lowest BCUT2D eigenvalue weighted by Crippen LogP contribution is -2.41. The van der Waals surface area contributed by atoms with Gasteiger partial charge in [-0.1, -0.05) is 56.3 Å². The van der Waals surface area contributed by atoms with Gasteiger partial charge in [-0.05, 0) is 60.4 Å². The third-order valence-corrected chi connectivity index (χ3v) is 6.94. The topological polar surface area (TPSA) is 75.7 Å². The van der Waals surface area contributed by atoms with Crippen molar-refractivity contribution in [3.8, 4) is 5.75 Å². The molecule has 3 rings (SSSR count). The third kappa shape index (κ3) is 6.58. The number of anilines is 1. The Morgan fingerprint density at radius 3 is 2.30 bits per heavy atom. The Morgan fingerprint density at radius 2 is 1.67 bits per heavy atom. The summed E-state index contributed by atoms with van der Waals surface area (Å²) >= 11 is 0. The van der Waals surface area contributed by atoms with Gasteiger partial charge >= 0.3 is 0 Å². The molecule has 0 aliphatic rings. The summed E-state index contributed by atoms with van der Waals surface area (Å²) in [7, 11) is -3.92. The Labute approximate surface area is 196 Å². The van der Waals surface area contributed by atoms with Gasteiger partial charge in [0.2, 0.25) is 5.91 Å². The Morgan fingerprint density at radius 1 is 0.970 bits per heavy atom. The number of ether oxygens (including phenoxy) is 1. The Bertz CT molecular complexity index is 1160. The zero-order valence-corrected chi connectivity index (χ0v) is 20.0. The molecule has 1 N–H and O–H groups in total. The van der Waals surface area contributed by atoms with Crippen molar-refractivity contribution in [2.45, 2.75) is 31.6 Å². The van der Waals surface area contributed by atoms with E-state index in [4.69, 9.17) is 4.74 Å². The van der Waals surface area contributed by atoms with Crippen molar-refractivity contribution in [3.05, 3.63) is 90.0 Å². The average Bonchev–Trinajstić information content (AvgIpc) is 2.81. The summed E-state index contributed by atoms with van der Waals surface area (Å²) in [5.41, 5.74) is 2.62. The molecule has 0 aromatic heterocycles. The van der Waals surface area contributed by atoms with Crippen LogP contribution in [0.2, 0.25) is 0 Å². The molecule has 0 unspecified atom stereocenters. The van der Waals surface area contributed by atoms with E-state index < -0.39 is 15.9 Å². The van der Waals surface area contributed by atoms with Gasteiger partial charge in [0, 0.05) is 0 Å². The summed E-state index contributed by atoms with van der Waals surface area (Å²) < 4.78 is 33.5. The molecule has 7 heteroatoms. The Hall–Kier alpha value is -3.32. The number of nitrogens with zero attached hydrogens (tertiary/aromatic N) is 1. The van der Waals surface area contributed by atoms with Crippen LogP contribution in [0.25, 0.3) is 0 Å². The molecule has 0 spiro atoms. The molecular formula is C26H30N2O4S. The van der Waals surface area contributed by atoms with Crippen molar-refractivity contribution in [2.75, 3.05) is 24.0 Å². The summed E-state index contributed by atoms with van der Waals surface area (Å²) in [6.07, 6.45) is 0. The first-order valence-electron chi connectivity index (χ1n) is 10.9. The van der Waals surface area contributed by atoms with Crippen LogP contribution >= 0.6 is 0 Å². The number of benzene rings is 3. The Kier molecular flexibility index (Phi) is 8.11. The highest BCUT2D eigenvalue weighted by molar-refractivity contribution is 7.92. The molecule has 1 amide bonds. The normalized spacial score (nSPS) is 11.3. The lowest BCUT2D eigenvalue weighted by molar-refractivity contribution is -0.119. The third-order valence-electron chi connectivity index (χ3n) is 5.15. The summed E-state index contributed by atoms with van der Waals surface area (Å²) in [5.74, 6) is 0.632. The van der Waals surface area contributed by atoms with E-state index in [0.717, 1.165) is 21.2 Å². The Balaban J connectivity index is 1.71. The van der Waals surface area contributed by atoms with Gasteiger partial charge in [-0.3, -0.25) is 9.10 Å². The number of carbonyl (C=O) groups is 1. The monoisotopic (exact) mass is 466 g/mol. The molecule has 3 aromatic carbocycles. The van der Waals surface area contributed by atoms with Gasteiger partial charge in [0.25, 0.3) is 10.0 Å². The molecule has 0 radical (unpaired) electrons. The molecule has 0 atom stereocenters. The number of sulfonamides is 1. The van der Waals surface area contributed by atoms with E-state index in [2.05, 4.69) is 19.2 Å². The average molecular weight is 467 g/mol. The van der Waals surface area contributed by atoms with Crippen LogP contribution in [0, 0.1) is 6.92 Å². The minimum Gasteiger partial charge on any atom is -0.492 e. The molecular weight excluding hydrogens is 436 g/mol. The molecule has 174 valence electrons. The standard InChI is InChI=1S/C26H30N2O4S/c1-20(2)22-12-14-23(15-13-22)28(33(30,31)25-10-5-4-6-11-25)19-26(29)27-16-17-32-24-9-7-8-21(3)18-24/h4-15,18,20H,16-17,19H2,1-3H3,(H,27,29). The molecule has 0 aliphatic heterocycles. The molecule has 6 nitrogen and oxygen atoms in total. The zero-order chi connectivity index (χ0) is 23.8. The number of hydrogen-bond donors (Lipinski definition) is 1. The van der Waals surface area contributed by atoms with E-state index in [1.165, 1.54) is 12.1 Å². The molecule has 0 heterocycles. The van der Waals surface area contributed by atoms with Crippen LogP contribution in [0.4, 0.5) is 5.69 Å². The van der Waals surface area contributed by atoms with Crippen LogP contribution in [0.15, 0.2) is 83.8 Å². The van der Waals surface area contributed by atoms with E-state index in [1.54, 1.807) is 30.3 Å². The van der Waals surface area contributed by atoms with Crippen molar-refractivity contribution in [1.82, 2.24) is 5.32 Å². The molecule has 0 saturated heterocycles. The van der Waals surface area contributed by atoms with Crippen LogP contribution < -0.4 is 14.4 Å². The van der Waals surface area contributed by atoms with Crippen molar-refractivity contribution in [3.63, 3.8) is 0 Å². The molecule has 3 aromatic rings. The number of rotatable bonds is 10. The van der Waals surface area contributed by atoms with Crippen LogP contribution in [0.3, 0.4) is 0 Å². The minimum atomic E-state index is -3.92. The van der Waals surface area contributed by atoms with Crippen molar-refractivity contribution >= 4 is 21.6 Å². The molecule has 0 bridgehead atoms. The van der Waals surface area contributed by atoms with Crippen LogP contribution in [0.5, 0.6) is 5.75 Å². The first kappa shape index (κ1) is 24.3. The van der Waals surface area contributed by atoms with E-state index in [-0.39, 0.29) is 24.6 Å². The molecule has 0 fully saturated rings. The summed E-state index contributed by atoms with van der Waals surface area (Å²) in [6, 6.07) is 23.0. The number of nitrogens with one attached hydrogen (secondary N) is 1. The fraction of sp³-hybridized carbons (Fsp3) is 0.269. The van der Waals surface area contributed by atoms with Crippen LogP contribution in [-0.2, 0) is 14.8 Å². The fourth-order valence-corrected chi connectivity index (χ4v) is 4.75. The van der Waals surface area contributed by atoms with E-state index in [9.17, 15) is 13.2 Å². The lowest BCUT2D eigenvalue weighted by Gasteiger charge is -2.24. The predicted molar refractivity (Wildman–Crippen MR) is 131 cm³/mol. The highest BCUT2D eigenvalue weighted by atomic mass is 32.2. The van der Waals surface area contributed by atoms with Crippen LogP contribution in [-0.4, -0.2) is 34.0 Å². The minimum absolute atomic E-state index is 0.133. The summed E-state index contributed by atoms with van der Waals surface area (Å²) in [5, 5.41) is 2.75. The number of aryl methyl sites for hydroxylation is 1. The maximum absolute atomic E-state index is 13.4. The van der Waals surface area contributed by atoms with E-state index in [1.807, 2.05) is 43.3 Å². The smallest absolute Gasteiger partial charge is 0.264 e. The van der Waals surface area contributed by atoms with Gasteiger partial charge in [-0.2, -0.15) is 0 Å². The van der Waals surface area contributed by atoms with Gasteiger partial charge in [-0.15, -0.1) is 0 Å². The molecule has 0 aliphatic carbocycles. The second-order valence-electron chi connectivity index (χ2n) is 8.09. The highest BCUT2D eigenvalue weighted by Gasteiger charge is 2.27. The van der Waals surface area contributed by atoms with E-state index in [0.29, 0.717) is 11.6 Å². The fourth-order valence-electron chi connectivity index (χ4n) is 3.31. The van der Waals surface area contributed by atoms with Gasteiger partial charge in [0.15, 0.2) is 0 Å². The first-order chi connectivity index (χ1) is 15.8. The highest BCUT2D eigenvalue weighted by Crippen LogP contribution is 2.25. The largest absolute Gasteiger partial charge is 0.492 e. The SMILES string of the molecule is Cc1cccc(OCCNC(=O)CN(c2ccc(C(C)C)cc2)S(=O)(=O)c2ccccc2)c1. The molecule has 0 saturated carbocycles. The van der Waals surface area contributed by atoms with Crippen LogP contribution in [0.1, 0.15) is 30.9 Å². The van der Waals surface area contributed by atoms with E-state index >= 15 is 0 Å². The van der Waals surface area contributed by atoms with Gasteiger partial charge in [0.05, 0.1) is 17.1 Å². The van der Waals surface area contributed by atoms with Crippen molar-refractivity contribution < 1.29 is 17.9 Å². The second kappa shape index (κ2) is 11.0. The maximum atomic E-state index is 13.4. The quantitative estimate of drug-likeness (QED) is 0.446. The van der Waals surface area contributed by atoms with Crippen molar-refractivity contribution in [2.24, 2.45) is 0 Å². The molecule has 33 heavy (non-hydrogen) atoms. The van der Waals surface area contributed by atoms with Crippen molar-refractivity contribution in [1.29, 1.82) is 0 Å².